The predicted octanol–water partition coefficient (Wildman–Crippen LogP) is 4.60. The number of aryl methyl sites for hydroxylation is 1. The second kappa shape index (κ2) is 9.35. The third-order valence-corrected chi connectivity index (χ3v) is 4.38. The number of hydrogen-bond donors (Lipinski definition) is 2. The summed E-state index contributed by atoms with van der Waals surface area (Å²) in [6.07, 6.45) is -1.33. The maximum Gasteiger partial charge on any atom is 0.270 e. The van der Waals surface area contributed by atoms with Gasteiger partial charge in [0.1, 0.15) is 23.1 Å². The average molecular weight is 424 g/mol. The number of aromatic nitrogens is 1. The molecule has 3 rings (SSSR count). The number of amides is 1. The van der Waals surface area contributed by atoms with Crippen molar-refractivity contribution in [2.24, 2.45) is 0 Å². The van der Waals surface area contributed by atoms with Crippen LogP contribution in [0.3, 0.4) is 0 Å². The van der Waals surface area contributed by atoms with E-state index in [0.717, 1.165) is 12.1 Å². The number of phenolic OH excluding ortho intramolecular Hbond substituents is 1. The van der Waals surface area contributed by atoms with E-state index in [-0.39, 0.29) is 17.0 Å². The van der Waals surface area contributed by atoms with Gasteiger partial charge in [0.25, 0.3) is 5.91 Å². The zero-order valence-electron chi connectivity index (χ0n) is 16.8. The summed E-state index contributed by atoms with van der Waals surface area (Å²) in [6.45, 7) is 2.96. The summed E-state index contributed by atoms with van der Waals surface area (Å²) in [6, 6.07) is 10.6. The van der Waals surface area contributed by atoms with Crippen LogP contribution in [0.15, 0.2) is 54.6 Å². The highest BCUT2D eigenvalue weighted by Crippen LogP contribution is 2.30. The first-order valence-electron chi connectivity index (χ1n) is 9.42. The first-order chi connectivity index (χ1) is 14.7. The molecule has 0 saturated heterocycles. The van der Waals surface area contributed by atoms with Crippen LogP contribution in [0.25, 0.3) is 0 Å². The number of pyridine rings is 1. The van der Waals surface area contributed by atoms with Crippen molar-refractivity contribution in [2.75, 3.05) is 0 Å². The molecular formula is C24H19F3N2O2. The van der Waals surface area contributed by atoms with Crippen molar-refractivity contribution in [3.63, 3.8) is 0 Å². The van der Waals surface area contributed by atoms with Crippen LogP contribution in [0.5, 0.6) is 5.75 Å². The first kappa shape index (κ1) is 21.9. The molecule has 158 valence electrons. The van der Waals surface area contributed by atoms with E-state index in [2.05, 4.69) is 22.1 Å². The molecule has 2 aromatic carbocycles. The first-order valence-corrected chi connectivity index (χ1v) is 9.42. The van der Waals surface area contributed by atoms with Crippen molar-refractivity contribution >= 4 is 5.91 Å². The molecule has 0 radical (unpaired) electrons. The number of hydrogen-bond acceptors (Lipinski definition) is 3. The number of nitrogens with zero attached hydrogens (tertiary/aromatic N) is 1. The van der Waals surface area contributed by atoms with Crippen molar-refractivity contribution in [2.45, 2.75) is 26.1 Å². The minimum absolute atomic E-state index is 0.0128. The molecule has 1 heterocycles. The van der Waals surface area contributed by atoms with Gasteiger partial charge in [-0.05, 0) is 61.9 Å². The highest BCUT2D eigenvalue weighted by Gasteiger charge is 2.22. The zero-order chi connectivity index (χ0) is 22.5. The SMILES string of the molecule is Cc1cc(C#C[C@@H](C)F)cc(C(=O)NC(c2ccc(F)cc2)c2cc(F)ccc2O)n1. The van der Waals surface area contributed by atoms with E-state index in [9.17, 15) is 23.1 Å². The number of benzene rings is 2. The van der Waals surface area contributed by atoms with E-state index in [0.29, 0.717) is 16.8 Å². The molecule has 4 nitrogen and oxygen atoms in total. The molecule has 0 spiro atoms. The summed E-state index contributed by atoms with van der Waals surface area (Å²) >= 11 is 0. The van der Waals surface area contributed by atoms with E-state index in [1.807, 2.05) is 0 Å². The van der Waals surface area contributed by atoms with Gasteiger partial charge >= 0.3 is 0 Å². The normalized spacial score (nSPS) is 12.4. The Labute approximate surface area is 177 Å². The fraction of sp³-hybridized carbons (Fsp3) is 0.167. The van der Waals surface area contributed by atoms with Crippen molar-refractivity contribution < 1.29 is 23.1 Å². The quantitative estimate of drug-likeness (QED) is 0.602. The van der Waals surface area contributed by atoms with Crippen molar-refractivity contribution in [3.05, 3.63) is 94.3 Å². The molecule has 0 aliphatic rings. The summed E-state index contributed by atoms with van der Waals surface area (Å²) in [5, 5.41) is 13.0. The lowest BCUT2D eigenvalue weighted by atomic mass is 9.97. The lowest BCUT2D eigenvalue weighted by Gasteiger charge is -2.21. The molecule has 31 heavy (non-hydrogen) atoms. The van der Waals surface area contributed by atoms with Gasteiger partial charge in [-0.1, -0.05) is 24.0 Å². The Kier molecular flexibility index (Phi) is 6.61. The Hall–Kier alpha value is -3.79. The molecule has 2 N–H and O–H groups in total. The summed E-state index contributed by atoms with van der Waals surface area (Å²) in [4.78, 5) is 17.1. The Morgan fingerprint density at radius 1 is 1.06 bits per heavy atom. The highest BCUT2D eigenvalue weighted by molar-refractivity contribution is 5.93. The lowest BCUT2D eigenvalue weighted by molar-refractivity contribution is 0.0937. The Balaban J connectivity index is 2.00. The van der Waals surface area contributed by atoms with Crippen molar-refractivity contribution in [1.29, 1.82) is 0 Å². The molecule has 0 aliphatic heterocycles. The summed E-state index contributed by atoms with van der Waals surface area (Å²) < 4.78 is 40.3. The van der Waals surface area contributed by atoms with Gasteiger partial charge in [0, 0.05) is 16.8 Å². The van der Waals surface area contributed by atoms with Gasteiger partial charge in [-0.15, -0.1) is 0 Å². The maximum atomic E-state index is 13.9. The van der Waals surface area contributed by atoms with Gasteiger partial charge in [-0.3, -0.25) is 4.79 Å². The number of aromatic hydroxyl groups is 1. The van der Waals surface area contributed by atoms with Crippen LogP contribution in [-0.4, -0.2) is 22.2 Å². The van der Waals surface area contributed by atoms with Crippen LogP contribution in [-0.2, 0) is 0 Å². The van der Waals surface area contributed by atoms with E-state index >= 15 is 0 Å². The number of carbonyl (C=O) groups excluding carboxylic acids is 1. The molecule has 1 aromatic heterocycles. The molecular weight excluding hydrogens is 405 g/mol. The van der Waals surface area contributed by atoms with E-state index in [1.165, 1.54) is 43.3 Å². The summed E-state index contributed by atoms with van der Waals surface area (Å²) in [5.74, 6) is 3.06. The third kappa shape index (κ3) is 5.64. The van der Waals surface area contributed by atoms with Crippen molar-refractivity contribution in [1.82, 2.24) is 10.3 Å². The Morgan fingerprint density at radius 3 is 2.42 bits per heavy atom. The molecule has 0 aliphatic carbocycles. The Bertz CT molecular complexity index is 1170. The van der Waals surface area contributed by atoms with Gasteiger partial charge < -0.3 is 10.4 Å². The topological polar surface area (TPSA) is 62.2 Å². The van der Waals surface area contributed by atoms with Crippen LogP contribution >= 0.6 is 0 Å². The minimum Gasteiger partial charge on any atom is -0.508 e. The van der Waals surface area contributed by atoms with Crippen LogP contribution in [0.1, 0.15) is 45.8 Å². The predicted molar refractivity (Wildman–Crippen MR) is 110 cm³/mol. The number of phenols is 1. The standard InChI is InChI=1S/C24H19F3N2O2/c1-14(25)3-4-16-11-15(2)28-21(12-16)24(31)29-23(17-5-7-18(26)8-6-17)20-13-19(27)9-10-22(20)30/h5-14,23,30H,1-2H3,(H,29,31)/t14-,23?/m1/s1. The van der Waals surface area contributed by atoms with Crippen LogP contribution in [0.4, 0.5) is 13.2 Å². The molecule has 1 amide bonds. The van der Waals surface area contributed by atoms with Gasteiger partial charge in [-0.25, -0.2) is 18.2 Å². The van der Waals surface area contributed by atoms with E-state index in [1.54, 1.807) is 13.0 Å². The number of carbonyl (C=O) groups is 1. The molecule has 0 bridgehead atoms. The van der Waals surface area contributed by atoms with Gasteiger partial charge in [0.05, 0.1) is 6.04 Å². The van der Waals surface area contributed by atoms with Crippen LogP contribution in [0, 0.1) is 30.4 Å². The average Bonchev–Trinajstić information content (AvgIpc) is 2.72. The third-order valence-electron chi connectivity index (χ3n) is 4.38. The number of halogens is 3. The number of rotatable bonds is 4. The fourth-order valence-corrected chi connectivity index (χ4v) is 3.00. The molecule has 0 fully saturated rings. The lowest BCUT2D eigenvalue weighted by Crippen LogP contribution is -2.30. The molecule has 7 heteroatoms. The molecule has 2 atom stereocenters. The summed E-state index contributed by atoms with van der Waals surface area (Å²) in [5.41, 5.74) is 1.44. The number of alkyl halides is 1. The van der Waals surface area contributed by atoms with Gasteiger partial charge in [-0.2, -0.15) is 0 Å². The maximum absolute atomic E-state index is 13.9. The second-order valence-corrected chi connectivity index (χ2v) is 6.93. The zero-order valence-corrected chi connectivity index (χ0v) is 16.8. The monoisotopic (exact) mass is 424 g/mol. The highest BCUT2D eigenvalue weighted by atomic mass is 19.1. The smallest absolute Gasteiger partial charge is 0.270 e. The second-order valence-electron chi connectivity index (χ2n) is 6.93. The van der Waals surface area contributed by atoms with Gasteiger partial charge in [0.2, 0.25) is 0 Å². The van der Waals surface area contributed by atoms with E-state index in [4.69, 9.17) is 0 Å². The molecule has 3 aromatic rings. The van der Waals surface area contributed by atoms with Crippen LogP contribution < -0.4 is 5.32 Å². The summed E-state index contributed by atoms with van der Waals surface area (Å²) in [7, 11) is 0. The van der Waals surface area contributed by atoms with Gasteiger partial charge in [0.15, 0.2) is 6.17 Å². The number of nitrogens with one attached hydrogen (secondary N) is 1. The minimum atomic E-state index is -1.33. The van der Waals surface area contributed by atoms with Crippen LogP contribution in [0.2, 0.25) is 0 Å². The molecule has 0 saturated carbocycles. The largest absolute Gasteiger partial charge is 0.508 e. The molecule has 1 unspecified atom stereocenters. The fourth-order valence-electron chi connectivity index (χ4n) is 3.00. The van der Waals surface area contributed by atoms with E-state index < -0.39 is 29.8 Å². The van der Waals surface area contributed by atoms with Crippen molar-refractivity contribution in [3.8, 4) is 17.6 Å². The Morgan fingerprint density at radius 2 is 1.74 bits per heavy atom.